The molecular formula is C25H29N3O4. The minimum Gasteiger partial charge on any atom is -0.451 e. The summed E-state index contributed by atoms with van der Waals surface area (Å²) in [6.07, 6.45) is 2.52. The Hall–Kier alpha value is -3.66. The van der Waals surface area contributed by atoms with Crippen molar-refractivity contribution in [2.75, 3.05) is 11.9 Å². The minimum absolute atomic E-state index is 0.125. The van der Waals surface area contributed by atoms with Gasteiger partial charge in [-0.2, -0.15) is 5.26 Å². The van der Waals surface area contributed by atoms with Crippen LogP contribution in [0.2, 0.25) is 0 Å². The van der Waals surface area contributed by atoms with Gasteiger partial charge < -0.3 is 14.6 Å². The molecule has 0 atom stereocenters. The number of anilines is 1. The molecule has 0 aliphatic carbocycles. The van der Waals surface area contributed by atoms with Crippen molar-refractivity contribution < 1.29 is 19.1 Å². The number of ketones is 1. The molecule has 0 spiro atoms. The van der Waals surface area contributed by atoms with E-state index in [-0.39, 0.29) is 11.4 Å². The smallest absolute Gasteiger partial charge is 0.349 e. The van der Waals surface area contributed by atoms with Gasteiger partial charge in [0.25, 0.3) is 5.91 Å². The highest BCUT2D eigenvalue weighted by atomic mass is 16.5. The first-order valence-corrected chi connectivity index (χ1v) is 10.5. The molecule has 0 bridgehead atoms. The monoisotopic (exact) mass is 435 g/mol. The van der Waals surface area contributed by atoms with Crippen molar-refractivity contribution in [3.05, 3.63) is 58.4 Å². The number of rotatable bonds is 9. The largest absolute Gasteiger partial charge is 0.451 e. The second-order valence-corrected chi connectivity index (χ2v) is 8.09. The molecule has 0 saturated heterocycles. The minimum atomic E-state index is -0.868. The van der Waals surface area contributed by atoms with E-state index in [0.29, 0.717) is 17.2 Å². The Labute approximate surface area is 188 Å². The molecule has 32 heavy (non-hydrogen) atoms. The highest BCUT2D eigenvalue weighted by Gasteiger charge is 2.16. The van der Waals surface area contributed by atoms with Gasteiger partial charge in [0.05, 0.1) is 0 Å². The molecule has 1 aromatic heterocycles. The summed E-state index contributed by atoms with van der Waals surface area (Å²) in [6, 6.07) is 10.2. The molecule has 7 heteroatoms. The number of nitrogens with zero attached hydrogens (tertiary/aromatic N) is 2. The zero-order valence-electron chi connectivity index (χ0n) is 19.2. The Kier molecular flexibility index (Phi) is 8.54. The Balaban J connectivity index is 2.04. The van der Waals surface area contributed by atoms with Gasteiger partial charge in [-0.05, 0) is 62.9 Å². The third-order valence-electron chi connectivity index (χ3n) is 5.07. The van der Waals surface area contributed by atoms with Crippen LogP contribution in [0.1, 0.15) is 54.5 Å². The standard InChI is InChI=1S/C25H29N3O4/c1-16(2)9-10-28-17(3)11-21(18(28)4)12-22(14-26)25(31)32-15-24(30)27-23-8-6-7-20(13-23)19(5)29/h6-8,11-13,16H,9-10,15H2,1-5H3,(H,27,30)/b22-12+. The molecular weight excluding hydrogens is 406 g/mol. The molecule has 168 valence electrons. The number of carbonyl (C=O) groups is 3. The average molecular weight is 436 g/mol. The van der Waals surface area contributed by atoms with Crippen molar-refractivity contribution in [2.24, 2.45) is 5.92 Å². The summed E-state index contributed by atoms with van der Waals surface area (Å²) in [6.45, 7) is 10.0. The van der Waals surface area contributed by atoms with Crippen molar-refractivity contribution in [2.45, 2.75) is 47.6 Å². The van der Waals surface area contributed by atoms with Gasteiger partial charge in [-0.3, -0.25) is 9.59 Å². The molecule has 0 unspecified atom stereocenters. The van der Waals surface area contributed by atoms with Crippen LogP contribution in [0, 0.1) is 31.1 Å². The van der Waals surface area contributed by atoms with Crippen LogP contribution >= 0.6 is 0 Å². The fraction of sp³-hybridized carbons (Fsp3) is 0.360. The van der Waals surface area contributed by atoms with Crippen LogP contribution in [0.15, 0.2) is 35.9 Å². The summed E-state index contributed by atoms with van der Waals surface area (Å²) in [5.74, 6) is -0.994. The molecule has 0 fully saturated rings. The third kappa shape index (κ3) is 6.67. The van der Waals surface area contributed by atoms with Crippen LogP contribution in [-0.2, 0) is 20.9 Å². The molecule has 1 N–H and O–H groups in total. The van der Waals surface area contributed by atoms with Gasteiger partial charge >= 0.3 is 5.97 Å². The number of hydrogen-bond donors (Lipinski definition) is 1. The summed E-state index contributed by atoms with van der Waals surface area (Å²) in [5, 5.41) is 12.0. The average Bonchev–Trinajstić information content (AvgIpc) is 3.01. The van der Waals surface area contributed by atoms with E-state index < -0.39 is 18.5 Å². The van der Waals surface area contributed by atoms with Crippen molar-refractivity contribution in [1.82, 2.24) is 4.57 Å². The number of benzene rings is 1. The number of Topliss-reactive ketones (excluding diaryl/α,β-unsaturated/α-hetero) is 1. The lowest BCUT2D eigenvalue weighted by molar-refractivity contribution is -0.142. The van der Waals surface area contributed by atoms with Gasteiger partial charge in [0.15, 0.2) is 12.4 Å². The van der Waals surface area contributed by atoms with Crippen LogP contribution in [-0.4, -0.2) is 28.8 Å². The zero-order valence-corrected chi connectivity index (χ0v) is 19.2. The first-order valence-electron chi connectivity index (χ1n) is 10.5. The topological polar surface area (TPSA) is 101 Å². The van der Waals surface area contributed by atoms with Crippen LogP contribution in [0.25, 0.3) is 6.08 Å². The maximum atomic E-state index is 12.4. The molecule has 0 radical (unpaired) electrons. The van der Waals surface area contributed by atoms with Crippen LogP contribution in [0.4, 0.5) is 5.69 Å². The van der Waals surface area contributed by atoms with Crippen molar-refractivity contribution in [3.63, 3.8) is 0 Å². The molecule has 2 rings (SSSR count). The molecule has 2 aromatic rings. The van der Waals surface area contributed by atoms with Gasteiger partial charge in [0.2, 0.25) is 0 Å². The summed E-state index contributed by atoms with van der Waals surface area (Å²) in [5.41, 5.74) is 3.48. The second kappa shape index (κ2) is 11.1. The van der Waals surface area contributed by atoms with Crippen molar-refractivity contribution in [3.8, 4) is 6.07 Å². The third-order valence-corrected chi connectivity index (χ3v) is 5.07. The van der Waals surface area contributed by atoms with E-state index in [4.69, 9.17) is 4.74 Å². The number of esters is 1. The molecule has 1 amide bonds. The zero-order chi connectivity index (χ0) is 23.8. The van der Waals surface area contributed by atoms with Crippen LogP contribution < -0.4 is 5.32 Å². The Morgan fingerprint density at radius 1 is 1.22 bits per heavy atom. The normalized spacial score (nSPS) is 11.2. The molecule has 1 heterocycles. The highest BCUT2D eigenvalue weighted by molar-refractivity contribution is 6.01. The lowest BCUT2D eigenvalue weighted by Crippen LogP contribution is -2.21. The van der Waals surface area contributed by atoms with E-state index >= 15 is 0 Å². The number of ether oxygens (including phenoxy) is 1. The second-order valence-electron chi connectivity index (χ2n) is 8.09. The van der Waals surface area contributed by atoms with Gasteiger partial charge in [-0.15, -0.1) is 0 Å². The molecule has 7 nitrogen and oxygen atoms in total. The maximum Gasteiger partial charge on any atom is 0.349 e. The SMILES string of the molecule is CC(=O)c1cccc(NC(=O)COC(=O)/C(C#N)=C/c2cc(C)n(CCC(C)C)c2C)c1. The number of amides is 1. The number of aryl methyl sites for hydroxylation is 1. The number of nitrogens with one attached hydrogen (secondary N) is 1. The van der Waals surface area contributed by atoms with E-state index in [1.54, 1.807) is 18.2 Å². The van der Waals surface area contributed by atoms with E-state index in [1.807, 2.05) is 26.0 Å². The molecule has 0 aliphatic heterocycles. The fourth-order valence-electron chi connectivity index (χ4n) is 3.22. The van der Waals surface area contributed by atoms with E-state index in [2.05, 4.69) is 23.7 Å². The van der Waals surface area contributed by atoms with Gasteiger partial charge in [0.1, 0.15) is 11.6 Å². The van der Waals surface area contributed by atoms with Crippen LogP contribution in [0.3, 0.4) is 0 Å². The molecule has 1 aromatic carbocycles. The van der Waals surface area contributed by atoms with E-state index in [0.717, 1.165) is 29.9 Å². The van der Waals surface area contributed by atoms with Gasteiger partial charge in [0, 0.05) is 29.2 Å². The van der Waals surface area contributed by atoms with Gasteiger partial charge in [-0.25, -0.2) is 4.79 Å². The predicted molar refractivity (Wildman–Crippen MR) is 123 cm³/mol. The molecule has 0 saturated carbocycles. The maximum absolute atomic E-state index is 12.4. The van der Waals surface area contributed by atoms with Crippen molar-refractivity contribution >= 4 is 29.4 Å². The van der Waals surface area contributed by atoms with Crippen LogP contribution in [0.5, 0.6) is 0 Å². The predicted octanol–water partition coefficient (Wildman–Crippen LogP) is 4.44. The lowest BCUT2D eigenvalue weighted by Gasteiger charge is -2.11. The summed E-state index contributed by atoms with van der Waals surface area (Å²) >= 11 is 0. The van der Waals surface area contributed by atoms with E-state index in [1.165, 1.54) is 19.1 Å². The summed E-state index contributed by atoms with van der Waals surface area (Å²) in [7, 11) is 0. The Morgan fingerprint density at radius 2 is 1.94 bits per heavy atom. The number of nitriles is 1. The number of carbonyl (C=O) groups excluding carboxylic acids is 3. The lowest BCUT2D eigenvalue weighted by atomic mass is 10.1. The number of hydrogen-bond acceptors (Lipinski definition) is 5. The summed E-state index contributed by atoms with van der Waals surface area (Å²) in [4.78, 5) is 35.9. The Morgan fingerprint density at radius 3 is 2.56 bits per heavy atom. The first-order chi connectivity index (χ1) is 15.1. The quantitative estimate of drug-likeness (QED) is 0.271. The van der Waals surface area contributed by atoms with E-state index in [9.17, 15) is 19.6 Å². The van der Waals surface area contributed by atoms with Crippen molar-refractivity contribution in [1.29, 1.82) is 5.26 Å². The van der Waals surface area contributed by atoms with Gasteiger partial charge in [-0.1, -0.05) is 26.0 Å². The fourth-order valence-corrected chi connectivity index (χ4v) is 3.22. The molecule has 0 aliphatic rings. The highest BCUT2D eigenvalue weighted by Crippen LogP contribution is 2.20. The Bertz CT molecular complexity index is 1090. The number of aromatic nitrogens is 1. The summed E-state index contributed by atoms with van der Waals surface area (Å²) < 4.78 is 7.18. The first kappa shape index (κ1) is 24.6.